The first-order chi connectivity index (χ1) is 9.35. The van der Waals surface area contributed by atoms with Crippen molar-refractivity contribution in [3.8, 4) is 0 Å². The molecule has 5 nitrogen and oxygen atoms in total. The highest BCUT2D eigenvalue weighted by atomic mass is 15.3. The van der Waals surface area contributed by atoms with Gasteiger partial charge in [-0.1, -0.05) is 0 Å². The van der Waals surface area contributed by atoms with Crippen molar-refractivity contribution in [1.82, 2.24) is 20.2 Å². The summed E-state index contributed by atoms with van der Waals surface area (Å²) in [5.74, 6) is 0.991. The Bertz CT molecular complexity index is 423. The fraction of sp³-hybridized carbons (Fsp3) is 0.733. The Kier molecular flexibility index (Phi) is 4.60. The normalized spacial score (nSPS) is 21.2. The van der Waals surface area contributed by atoms with Crippen molar-refractivity contribution in [2.45, 2.75) is 45.8 Å². The van der Waals surface area contributed by atoms with Crippen molar-refractivity contribution >= 4 is 5.82 Å². The Balaban J connectivity index is 1.97. The van der Waals surface area contributed by atoms with Gasteiger partial charge < -0.3 is 15.1 Å². The number of hydrogen-bond acceptors (Lipinski definition) is 5. The zero-order valence-electron chi connectivity index (χ0n) is 13.3. The summed E-state index contributed by atoms with van der Waals surface area (Å²) in [6, 6.07) is 0.488. The first kappa shape index (κ1) is 15.2. The van der Waals surface area contributed by atoms with Crippen molar-refractivity contribution in [2.75, 3.05) is 31.6 Å². The molecule has 20 heavy (non-hydrogen) atoms. The van der Waals surface area contributed by atoms with E-state index in [0.717, 1.165) is 37.7 Å². The van der Waals surface area contributed by atoms with Crippen LogP contribution in [0.5, 0.6) is 0 Å². The van der Waals surface area contributed by atoms with E-state index in [1.54, 1.807) is 0 Å². The topological polar surface area (TPSA) is 44.3 Å². The van der Waals surface area contributed by atoms with Crippen LogP contribution in [0.2, 0.25) is 0 Å². The van der Waals surface area contributed by atoms with Gasteiger partial charge in [0.1, 0.15) is 5.82 Å². The van der Waals surface area contributed by atoms with Gasteiger partial charge in [0.2, 0.25) is 0 Å². The fourth-order valence-electron chi connectivity index (χ4n) is 2.42. The second-order valence-electron chi connectivity index (χ2n) is 6.77. The second kappa shape index (κ2) is 6.06. The van der Waals surface area contributed by atoms with Crippen LogP contribution in [0.4, 0.5) is 5.82 Å². The number of nitrogens with one attached hydrogen (secondary N) is 1. The Morgan fingerprint density at radius 3 is 2.55 bits per heavy atom. The summed E-state index contributed by atoms with van der Waals surface area (Å²) < 4.78 is 0. The summed E-state index contributed by atoms with van der Waals surface area (Å²) in [6.45, 7) is 12.6. The maximum atomic E-state index is 4.58. The third kappa shape index (κ3) is 4.15. The number of anilines is 1. The minimum Gasteiger partial charge on any atom is -0.350 e. The minimum atomic E-state index is 0.103. The molecule has 0 bridgehead atoms. The summed E-state index contributed by atoms with van der Waals surface area (Å²) in [5.41, 5.74) is 1.09. The molecule has 1 N–H and O–H groups in total. The highest BCUT2D eigenvalue weighted by Crippen LogP contribution is 2.16. The van der Waals surface area contributed by atoms with Gasteiger partial charge in [-0.15, -0.1) is 0 Å². The summed E-state index contributed by atoms with van der Waals surface area (Å²) in [6.07, 6.45) is 3.79. The zero-order chi connectivity index (χ0) is 14.8. The molecule has 1 unspecified atom stereocenters. The van der Waals surface area contributed by atoms with E-state index in [9.17, 15) is 0 Å². The number of aromatic nitrogens is 2. The van der Waals surface area contributed by atoms with Gasteiger partial charge in [0.25, 0.3) is 0 Å². The van der Waals surface area contributed by atoms with Crippen molar-refractivity contribution < 1.29 is 0 Å². The zero-order valence-corrected chi connectivity index (χ0v) is 13.3. The van der Waals surface area contributed by atoms with E-state index in [2.05, 4.69) is 59.8 Å². The summed E-state index contributed by atoms with van der Waals surface area (Å²) in [7, 11) is 2.17. The summed E-state index contributed by atoms with van der Waals surface area (Å²) in [4.78, 5) is 13.8. The minimum absolute atomic E-state index is 0.103. The fourth-order valence-corrected chi connectivity index (χ4v) is 2.42. The molecule has 0 aromatic carbocycles. The summed E-state index contributed by atoms with van der Waals surface area (Å²) in [5, 5.41) is 3.43. The van der Waals surface area contributed by atoms with Crippen molar-refractivity contribution in [3.05, 3.63) is 18.1 Å². The standard InChI is InChI=1S/C15H27N5/c1-12-11-19(5)6-7-20(12)14-10-16-13(8-17-14)9-18-15(2,3)4/h8,10,12,18H,6-7,9,11H2,1-5H3. The lowest BCUT2D eigenvalue weighted by atomic mass is 10.1. The largest absolute Gasteiger partial charge is 0.350 e. The predicted molar refractivity (Wildman–Crippen MR) is 82.9 cm³/mol. The number of piperazine rings is 1. The first-order valence-corrected chi connectivity index (χ1v) is 7.36. The Morgan fingerprint density at radius 1 is 1.25 bits per heavy atom. The number of hydrogen-bond donors (Lipinski definition) is 1. The molecule has 1 saturated heterocycles. The molecule has 2 heterocycles. The van der Waals surface area contributed by atoms with Gasteiger partial charge in [0.05, 0.1) is 18.1 Å². The molecule has 1 aliphatic rings. The van der Waals surface area contributed by atoms with Gasteiger partial charge in [-0.05, 0) is 34.7 Å². The van der Waals surface area contributed by atoms with Crippen molar-refractivity contribution in [1.29, 1.82) is 0 Å². The number of rotatable bonds is 3. The molecule has 1 atom stereocenters. The van der Waals surface area contributed by atoms with E-state index >= 15 is 0 Å². The smallest absolute Gasteiger partial charge is 0.147 e. The van der Waals surface area contributed by atoms with Crippen LogP contribution in [0.15, 0.2) is 12.4 Å². The lowest BCUT2D eigenvalue weighted by molar-refractivity contribution is 0.274. The molecule has 0 radical (unpaired) electrons. The van der Waals surface area contributed by atoms with Crippen molar-refractivity contribution in [3.63, 3.8) is 0 Å². The molecular formula is C15H27N5. The summed E-state index contributed by atoms with van der Waals surface area (Å²) >= 11 is 0. The van der Waals surface area contributed by atoms with Crippen LogP contribution in [0.1, 0.15) is 33.4 Å². The molecule has 1 aromatic heterocycles. The highest BCUT2D eigenvalue weighted by Gasteiger charge is 2.22. The van der Waals surface area contributed by atoms with E-state index in [0.29, 0.717) is 6.04 Å². The molecule has 1 aromatic rings. The maximum Gasteiger partial charge on any atom is 0.147 e. The maximum absolute atomic E-state index is 4.58. The number of likely N-dealkylation sites (N-methyl/N-ethyl adjacent to an activating group) is 1. The van der Waals surface area contributed by atoms with Crippen LogP contribution in [-0.2, 0) is 6.54 Å². The van der Waals surface area contributed by atoms with E-state index < -0.39 is 0 Å². The van der Waals surface area contributed by atoms with Crippen LogP contribution in [0.3, 0.4) is 0 Å². The Hall–Kier alpha value is -1.20. The van der Waals surface area contributed by atoms with E-state index in [1.165, 1.54) is 0 Å². The first-order valence-electron chi connectivity index (χ1n) is 7.36. The molecule has 0 spiro atoms. The van der Waals surface area contributed by atoms with E-state index in [1.807, 2.05) is 12.4 Å². The lowest BCUT2D eigenvalue weighted by Crippen LogP contribution is -2.50. The molecule has 5 heteroatoms. The average molecular weight is 277 g/mol. The lowest BCUT2D eigenvalue weighted by Gasteiger charge is -2.38. The van der Waals surface area contributed by atoms with Gasteiger partial charge in [-0.2, -0.15) is 0 Å². The van der Waals surface area contributed by atoms with E-state index in [4.69, 9.17) is 0 Å². The SMILES string of the molecule is CC1CN(C)CCN1c1cnc(CNC(C)(C)C)cn1. The van der Waals surface area contributed by atoms with E-state index in [-0.39, 0.29) is 5.54 Å². The molecular weight excluding hydrogens is 250 g/mol. The van der Waals surface area contributed by atoms with Crippen LogP contribution >= 0.6 is 0 Å². The Labute approximate surface area is 122 Å². The molecule has 1 aliphatic heterocycles. The van der Waals surface area contributed by atoms with Gasteiger partial charge in [0, 0.05) is 37.8 Å². The van der Waals surface area contributed by atoms with Crippen LogP contribution < -0.4 is 10.2 Å². The molecule has 112 valence electrons. The molecule has 0 aliphatic carbocycles. The third-order valence-electron chi connectivity index (χ3n) is 3.62. The van der Waals surface area contributed by atoms with Crippen molar-refractivity contribution in [2.24, 2.45) is 0 Å². The number of nitrogens with zero attached hydrogens (tertiary/aromatic N) is 4. The van der Waals surface area contributed by atoms with Gasteiger partial charge in [0.15, 0.2) is 0 Å². The predicted octanol–water partition coefficient (Wildman–Crippen LogP) is 1.50. The molecule has 1 fully saturated rings. The second-order valence-corrected chi connectivity index (χ2v) is 6.77. The Morgan fingerprint density at radius 2 is 2.00 bits per heavy atom. The monoisotopic (exact) mass is 277 g/mol. The molecule has 0 saturated carbocycles. The molecule has 0 amide bonds. The van der Waals surface area contributed by atoms with Crippen LogP contribution in [-0.4, -0.2) is 53.1 Å². The van der Waals surface area contributed by atoms with Crippen LogP contribution in [0.25, 0.3) is 0 Å². The quantitative estimate of drug-likeness (QED) is 0.907. The highest BCUT2D eigenvalue weighted by molar-refractivity contribution is 5.38. The van der Waals surface area contributed by atoms with Gasteiger partial charge in [-0.25, -0.2) is 4.98 Å². The molecule has 2 rings (SSSR count). The van der Waals surface area contributed by atoms with Crippen LogP contribution in [0, 0.1) is 0 Å². The van der Waals surface area contributed by atoms with Gasteiger partial charge in [-0.3, -0.25) is 4.98 Å². The van der Waals surface area contributed by atoms with Gasteiger partial charge >= 0.3 is 0 Å². The third-order valence-corrected chi connectivity index (χ3v) is 3.62. The average Bonchev–Trinajstić information content (AvgIpc) is 2.36.